The number of rotatable bonds is 0. The van der Waals surface area contributed by atoms with Crippen molar-refractivity contribution in [3.8, 4) is 0 Å². The van der Waals surface area contributed by atoms with Crippen LogP contribution in [0.3, 0.4) is 0 Å². The predicted octanol–water partition coefficient (Wildman–Crippen LogP) is -0.623. The largest absolute Gasteiger partial charge is 0.412 e. The number of carbonyl (C=O) groups is 1. The van der Waals surface area contributed by atoms with E-state index in [1.54, 1.807) is 7.05 Å². The Labute approximate surface area is 59.5 Å². The lowest BCUT2D eigenvalue weighted by molar-refractivity contribution is -0.154. The quantitative estimate of drug-likeness (QED) is 0.468. The highest BCUT2D eigenvalue weighted by atomic mass is 35.5. The predicted molar refractivity (Wildman–Crippen MR) is 34.2 cm³/mol. The van der Waals surface area contributed by atoms with E-state index in [0.29, 0.717) is 13.0 Å². The van der Waals surface area contributed by atoms with Gasteiger partial charge < -0.3 is 5.48 Å². The van der Waals surface area contributed by atoms with E-state index in [4.69, 9.17) is 4.84 Å². The van der Waals surface area contributed by atoms with Crippen molar-refractivity contribution in [3.05, 3.63) is 0 Å². The second-order valence-corrected chi connectivity index (χ2v) is 1.47. The molecule has 1 amide bonds. The molecule has 0 aromatic carbocycles. The number of hydrogen-bond donors (Lipinski definition) is 0. The Kier molecular flexibility index (Phi) is 5.80. The van der Waals surface area contributed by atoms with Crippen molar-refractivity contribution in [3.63, 3.8) is 0 Å². The van der Waals surface area contributed by atoms with Crippen molar-refractivity contribution in [2.45, 2.75) is 6.42 Å². The van der Waals surface area contributed by atoms with Gasteiger partial charge >= 0.3 is 0 Å². The average molecular weight is 156 g/mol. The zero-order chi connectivity index (χ0) is 5.28. The molecule has 9 heavy (non-hydrogen) atoms. The Bertz CT molecular complexity index is 97.8. The van der Waals surface area contributed by atoms with Gasteiger partial charge in [0, 0.05) is 7.05 Å². The number of hydrogen-bond acceptors (Lipinski definition) is 2. The molecule has 5 heteroatoms. The molecule has 0 aromatic heterocycles. The molecule has 1 saturated heterocycles. The zero-order valence-corrected chi connectivity index (χ0v) is 5.90. The molecule has 0 aliphatic carbocycles. The minimum absolute atomic E-state index is 0. The van der Waals surface area contributed by atoms with Gasteiger partial charge in [-0.05, 0) is 0 Å². The van der Waals surface area contributed by atoms with Gasteiger partial charge in [0.2, 0.25) is 5.91 Å². The smallest absolute Gasteiger partial charge is 0.248 e. The van der Waals surface area contributed by atoms with Crippen molar-refractivity contribution in [2.75, 3.05) is 13.7 Å². The molecule has 1 fully saturated rings. The van der Waals surface area contributed by atoms with E-state index in [9.17, 15) is 4.79 Å². The lowest BCUT2D eigenvalue weighted by Crippen LogP contribution is -2.16. The Hall–Kier alpha value is -0.320. The molecule has 1 aliphatic rings. The lowest BCUT2D eigenvalue weighted by Gasteiger charge is -2.02. The summed E-state index contributed by atoms with van der Waals surface area (Å²) < 4.78 is 0. The first kappa shape index (κ1) is 11.5. The standard InChI is InChI=1S/C4H7NO2.ClH.H2O/c1-5-4(6)2-3-7-5;;/h2-3H2,1H3;1H;1H2. The van der Waals surface area contributed by atoms with Gasteiger partial charge in [-0.25, -0.2) is 5.06 Å². The van der Waals surface area contributed by atoms with Crippen LogP contribution in [-0.2, 0) is 9.63 Å². The molecule has 4 nitrogen and oxygen atoms in total. The number of carbonyl (C=O) groups excluding carboxylic acids is 1. The fourth-order valence-electron chi connectivity index (χ4n) is 0.499. The SMILES string of the molecule is CN1OCCC1=O.Cl.O. The molecular formula is C4H10ClNO3. The Morgan fingerprint density at radius 1 is 1.67 bits per heavy atom. The fraction of sp³-hybridized carbons (Fsp3) is 0.750. The van der Waals surface area contributed by atoms with Crippen LogP contribution in [0.1, 0.15) is 6.42 Å². The summed E-state index contributed by atoms with van der Waals surface area (Å²) in [6, 6.07) is 0. The van der Waals surface area contributed by atoms with Crippen LogP contribution >= 0.6 is 12.4 Å². The number of amides is 1. The van der Waals surface area contributed by atoms with Gasteiger partial charge in [-0.1, -0.05) is 0 Å². The Morgan fingerprint density at radius 2 is 2.22 bits per heavy atom. The first-order chi connectivity index (χ1) is 3.30. The molecule has 0 atom stereocenters. The van der Waals surface area contributed by atoms with E-state index in [1.807, 2.05) is 0 Å². The van der Waals surface area contributed by atoms with Gasteiger partial charge in [0.15, 0.2) is 0 Å². The van der Waals surface area contributed by atoms with Gasteiger partial charge in [-0.15, -0.1) is 12.4 Å². The third-order valence-corrected chi connectivity index (χ3v) is 0.952. The van der Waals surface area contributed by atoms with E-state index in [-0.39, 0.29) is 23.8 Å². The van der Waals surface area contributed by atoms with E-state index in [2.05, 4.69) is 0 Å². The Balaban J connectivity index is 0. The first-order valence-electron chi connectivity index (χ1n) is 2.20. The van der Waals surface area contributed by atoms with Crippen LogP contribution in [-0.4, -0.2) is 30.1 Å². The molecule has 1 aliphatic heterocycles. The van der Waals surface area contributed by atoms with Crippen LogP contribution in [0.4, 0.5) is 0 Å². The van der Waals surface area contributed by atoms with Crippen LogP contribution in [0, 0.1) is 0 Å². The molecule has 0 bridgehead atoms. The highest BCUT2D eigenvalue weighted by Crippen LogP contribution is 2.00. The van der Waals surface area contributed by atoms with Gasteiger partial charge in [-0.3, -0.25) is 9.63 Å². The normalized spacial score (nSPS) is 16.6. The van der Waals surface area contributed by atoms with Gasteiger partial charge in [0.05, 0.1) is 13.0 Å². The van der Waals surface area contributed by atoms with Crippen LogP contribution in [0.2, 0.25) is 0 Å². The monoisotopic (exact) mass is 155 g/mol. The maximum absolute atomic E-state index is 10.4. The lowest BCUT2D eigenvalue weighted by atomic mass is 10.5. The van der Waals surface area contributed by atoms with Crippen LogP contribution in [0.5, 0.6) is 0 Å². The summed E-state index contributed by atoms with van der Waals surface area (Å²) in [5.41, 5.74) is 0. The molecule has 0 saturated carbocycles. The minimum atomic E-state index is 0. The maximum Gasteiger partial charge on any atom is 0.248 e. The molecule has 0 aromatic rings. The molecule has 0 spiro atoms. The van der Waals surface area contributed by atoms with Gasteiger partial charge in [-0.2, -0.15) is 0 Å². The minimum Gasteiger partial charge on any atom is -0.412 e. The van der Waals surface area contributed by atoms with Gasteiger partial charge in [0.1, 0.15) is 0 Å². The molecule has 1 heterocycles. The number of hydroxylamine groups is 2. The summed E-state index contributed by atoms with van der Waals surface area (Å²) in [5, 5.41) is 1.26. The topological polar surface area (TPSA) is 61.0 Å². The molecule has 1 rings (SSSR count). The second kappa shape index (κ2) is 4.55. The first-order valence-corrected chi connectivity index (χ1v) is 2.20. The molecule has 56 valence electrons. The van der Waals surface area contributed by atoms with E-state index in [0.717, 1.165) is 0 Å². The summed E-state index contributed by atoms with van der Waals surface area (Å²) in [7, 11) is 1.62. The second-order valence-electron chi connectivity index (χ2n) is 1.47. The van der Waals surface area contributed by atoms with E-state index >= 15 is 0 Å². The van der Waals surface area contributed by atoms with Crippen molar-refractivity contribution in [2.24, 2.45) is 0 Å². The van der Waals surface area contributed by atoms with Crippen LogP contribution in [0.25, 0.3) is 0 Å². The van der Waals surface area contributed by atoms with Gasteiger partial charge in [0.25, 0.3) is 0 Å². The molecule has 2 N–H and O–H groups in total. The van der Waals surface area contributed by atoms with Crippen LogP contribution < -0.4 is 0 Å². The number of halogens is 1. The highest BCUT2D eigenvalue weighted by Gasteiger charge is 2.15. The van der Waals surface area contributed by atoms with E-state index in [1.165, 1.54) is 5.06 Å². The summed E-state index contributed by atoms with van der Waals surface area (Å²) >= 11 is 0. The molecular weight excluding hydrogens is 146 g/mol. The summed E-state index contributed by atoms with van der Waals surface area (Å²) in [5.74, 6) is 0.0694. The fourth-order valence-corrected chi connectivity index (χ4v) is 0.499. The molecule has 0 unspecified atom stereocenters. The summed E-state index contributed by atoms with van der Waals surface area (Å²) in [6.07, 6.45) is 0.538. The summed E-state index contributed by atoms with van der Waals surface area (Å²) in [6.45, 7) is 0.551. The van der Waals surface area contributed by atoms with E-state index < -0.39 is 0 Å². The Morgan fingerprint density at radius 3 is 2.33 bits per heavy atom. The van der Waals surface area contributed by atoms with Crippen molar-refractivity contribution in [1.29, 1.82) is 0 Å². The van der Waals surface area contributed by atoms with Crippen molar-refractivity contribution >= 4 is 18.3 Å². The molecule has 0 radical (unpaired) electrons. The highest BCUT2D eigenvalue weighted by molar-refractivity contribution is 5.85. The van der Waals surface area contributed by atoms with Crippen molar-refractivity contribution < 1.29 is 15.1 Å². The number of nitrogens with zero attached hydrogens (tertiary/aromatic N) is 1. The van der Waals surface area contributed by atoms with Crippen molar-refractivity contribution in [1.82, 2.24) is 5.06 Å². The third-order valence-electron chi connectivity index (χ3n) is 0.952. The van der Waals surface area contributed by atoms with Crippen LogP contribution in [0.15, 0.2) is 0 Å². The zero-order valence-electron chi connectivity index (χ0n) is 5.09. The average Bonchev–Trinajstić information content (AvgIpc) is 1.91. The summed E-state index contributed by atoms with van der Waals surface area (Å²) in [4.78, 5) is 15.1. The maximum atomic E-state index is 10.4. The third kappa shape index (κ3) is 2.64.